The van der Waals surface area contributed by atoms with Crippen LogP contribution in [0.3, 0.4) is 0 Å². The summed E-state index contributed by atoms with van der Waals surface area (Å²) in [5.41, 5.74) is 3.51. The largest absolute Gasteiger partial charge is 0.332 e. The second-order valence-electron chi connectivity index (χ2n) is 6.69. The molecule has 3 aromatic carbocycles. The molecule has 7 heteroatoms. The molecule has 0 saturated carbocycles. The smallest absolute Gasteiger partial charge is 0.260 e. The van der Waals surface area contributed by atoms with Crippen molar-refractivity contribution in [3.8, 4) is 0 Å². The van der Waals surface area contributed by atoms with Gasteiger partial charge in [-0.1, -0.05) is 30.3 Å². The Bertz CT molecular complexity index is 1130. The molecule has 5 nitrogen and oxygen atoms in total. The lowest BCUT2D eigenvalue weighted by Gasteiger charge is -2.14. The molecule has 0 fully saturated rings. The Balaban J connectivity index is 1.72. The van der Waals surface area contributed by atoms with Gasteiger partial charge in [-0.25, -0.2) is 4.39 Å². The fraction of sp³-hybridized carbons (Fsp3) is 0.0870. The summed E-state index contributed by atoms with van der Waals surface area (Å²) >= 11 is 5.17. The molecule has 30 heavy (non-hydrogen) atoms. The van der Waals surface area contributed by atoms with Crippen molar-refractivity contribution in [2.24, 2.45) is 0 Å². The van der Waals surface area contributed by atoms with E-state index in [0.717, 1.165) is 11.1 Å². The zero-order valence-electron chi connectivity index (χ0n) is 16.5. The first kappa shape index (κ1) is 21.1. The Labute approximate surface area is 179 Å². The van der Waals surface area contributed by atoms with Crippen LogP contribution in [0.5, 0.6) is 0 Å². The molecule has 3 aromatic rings. The maximum absolute atomic E-state index is 13.8. The molecule has 2 amide bonds. The molecule has 152 valence electrons. The Morgan fingerprint density at radius 1 is 0.800 bits per heavy atom. The van der Waals surface area contributed by atoms with Crippen LogP contribution < -0.4 is 16.0 Å². The molecule has 0 aliphatic heterocycles. The number of carbonyl (C=O) groups excluding carboxylic acids is 2. The van der Waals surface area contributed by atoms with Crippen LogP contribution in [-0.4, -0.2) is 16.9 Å². The fourth-order valence-corrected chi connectivity index (χ4v) is 2.98. The Hall–Kier alpha value is -3.58. The van der Waals surface area contributed by atoms with Gasteiger partial charge in [-0.05, 0) is 73.6 Å². The molecule has 0 atom stereocenters. The summed E-state index contributed by atoms with van der Waals surface area (Å²) in [6.45, 7) is 3.97. The minimum absolute atomic E-state index is 0.0466. The maximum atomic E-state index is 13.8. The third kappa shape index (κ3) is 5.07. The molecule has 3 N–H and O–H groups in total. The van der Waals surface area contributed by atoms with Crippen molar-refractivity contribution >= 4 is 40.5 Å². The zero-order chi connectivity index (χ0) is 21.7. The number of aryl methyl sites for hydroxylation is 2. The van der Waals surface area contributed by atoms with E-state index in [1.54, 1.807) is 30.3 Å². The van der Waals surface area contributed by atoms with E-state index in [1.165, 1.54) is 18.2 Å². The van der Waals surface area contributed by atoms with Gasteiger partial charge < -0.3 is 10.6 Å². The molecule has 3 rings (SSSR count). The summed E-state index contributed by atoms with van der Waals surface area (Å²) in [4.78, 5) is 25.0. The van der Waals surface area contributed by atoms with E-state index in [4.69, 9.17) is 12.2 Å². The van der Waals surface area contributed by atoms with E-state index in [9.17, 15) is 14.0 Å². The van der Waals surface area contributed by atoms with Gasteiger partial charge in [-0.3, -0.25) is 14.9 Å². The highest BCUT2D eigenvalue weighted by Gasteiger charge is 2.15. The first-order valence-electron chi connectivity index (χ1n) is 9.19. The molecule has 0 unspecified atom stereocenters. The third-order valence-electron chi connectivity index (χ3n) is 4.53. The topological polar surface area (TPSA) is 70.2 Å². The Morgan fingerprint density at radius 3 is 2.17 bits per heavy atom. The average Bonchev–Trinajstić information content (AvgIpc) is 2.71. The van der Waals surface area contributed by atoms with E-state index < -0.39 is 11.7 Å². The number of hydrogen-bond donors (Lipinski definition) is 3. The maximum Gasteiger partial charge on any atom is 0.260 e. The van der Waals surface area contributed by atoms with Gasteiger partial charge in [0.1, 0.15) is 5.82 Å². The number of para-hydroxylation sites is 1. The lowest BCUT2D eigenvalue weighted by atomic mass is 10.1. The third-order valence-corrected chi connectivity index (χ3v) is 4.73. The van der Waals surface area contributed by atoms with E-state index in [-0.39, 0.29) is 16.6 Å². The van der Waals surface area contributed by atoms with Gasteiger partial charge in [0.05, 0.1) is 16.8 Å². The summed E-state index contributed by atoms with van der Waals surface area (Å²) in [6.07, 6.45) is 0. The van der Waals surface area contributed by atoms with Crippen LogP contribution in [0.4, 0.5) is 15.8 Å². The van der Waals surface area contributed by atoms with Crippen molar-refractivity contribution in [3.05, 3.63) is 94.8 Å². The summed E-state index contributed by atoms with van der Waals surface area (Å²) in [6, 6.07) is 18.0. The van der Waals surface area contributed by atoms with Crippen LogP contribution in [-0.2, 0) is 0 Å². The SMILES string of the molecule is Cc1ccc(NC(=O)c2ccccc2NC(=S)NC(=O)c2ccccc2F)cc1C. The average molecular weight is 421 g/mol. The van der Waals surface area contributed by atoms with Crippen molar-refractivity contribution in [1.29, 1.82) is 0 Å². The highest BCUT2D eigenvalue weighted by molar-refractivity contribution is 7.80. The van der Waals surface area contributed by atoms with Crippen molar-refractivity contribution in [1.82, 2.24) is 5.32 Å². The molecular weight excluding hydrogens is 401 g/mol. The van der Waals surface area contributed by atoms with Crippen molar-refractivity contribution < 1.29 is 14.0 Å². The van der Waals surface area contributed by atoms with Crippen LogP contribution in [0.25, 0.3) is 0 Å². The number of carbonyl (C=O) groups is 2. The predicted octanol–water partition coefficient (Wildman–Crippen LogP) is 4.82. The number of amides is 2. The summed E-state index contributed by atoms with van der Waals surface area (Å²) in [5.74, 6) is -1.65. The van der Waals surface area contributed by atoms with Gasteiger partial charge in [0.15, 0.2) is 5.11 Å². The van der Waals surface area contributed by atoms with Crippen molar-refractivity contribution in [2.75, 3.05) is 10.6 Å². The van der Waals surface area contributed by atoms with Crippen LogP contribution >= 0.6 is 12.2 Å². The van der Waals surface area contributed by atoms with Crippen LogP contribution in [0.15, 0.2) is 66.7 Å². The van der Waals surface area contributed by atoms with Gasteiger partial charge in [0.25, 0.3) is 11.8 Å². The first-order valence-corrected chi connectivity index (χ1v) is 9.60. The highest BCUT2D eigenvalue weighted by Crippen LogP contribution is 2.19. The molecule has 0 aliphatic rings. The van der Waals surface area contributed by atoms with Gasteiger partial charge in [-0.2, -0.15) is 0 Å². The van der Waals surface area contributed by atoms with Crippen LogP contribution in [0.1, 0.15) is 31.8 Å². The Morgan fingerprint density at radius 2 is 1.47 bits per heavy atom. The van der Waals surface area contributed by atoms with Gasteiger partial charge in [-0.15, -0.1) is 0 Å². The number of nitrogens with one attached hydrogen (secondary N) is 3. The lowest BCUT2D eigenvalue weighted by Crippen LogP contribution is -2.35. The van der Waals surface area contributed by atoms with Crippen LogP contribution in [0.2, 0.25) is 0 Å². The number of anilines is 2. The fourth-order valence-electron chi connectivity index (χ4n) is 2.78. The second-order valence-corrected chi connectivity index (χ2v) is 7.10. The van der Waals surface area contributed by atoms with E-state index in [0.29, 0.717) is 16.9 Å². The summed E-state index contributed by atoms with van der Waals surface area (Å²) < 4.78 is 13.8. The molecule has 0 aliphatic carbocycles. The molecule has 0 bridgehead atoms. The molecule has 0 aromatic heterocycles. The number of benzene rings is 3. The quantitative estimate of drug-likeness (QED) is 0.528. The van der Waals surface area contributed by atoms with E-state index >= 15 is 0 Å². The summed E-state index contributed by atoms with van der Waals surface area (Å²) in [7, 11) is 0. The standard InChI is InChI=1S/C23H20FN3O2S/c1-14-11-12-16(13-15(14)2)25-22(29)18-8-4-6-10-20(18)26-23(30)27-21(28)17-7-3-5-9-19(17)24/h3-13H,1-2H3,(H,25,29)(H2,26,27,28,30). The Kier molecular flexibility index (Phi) is 6.54. The lowest BCUT2D eigenvalue weighted by molar-refractivity contribution is 0.0972. The molecular formula is C23H20FN3O2S. The minimum Gasteiger partial charge on any atom is -0.332 e. The van der Waals surface area contributed by atoms with Crippen molar-refractivity contribution in [3.63, 3.8) is 0 Å². The number of thiocarbonyl (C=S) groups is 1. The van der Waals surface area contributed by atoms with Gasteiger partial charge in [0.2, 0.25) is 0 Å². The predicted molar refractivity (Wildman–Crippen MR) is 120 cm³/mol. The first-order chi connectivity index (χ1) is 14.3. The molecule has 0 radical (unpaired) electrons. The number of hydrogen-bond acceptors (Lipinski definition) is 3. The van der Waals surface area contributed by atoms with Crippen LogP contribution in [0, 0.1) is 19.7 Å². The normalized spacial score (nSPS) is 10.2. The zero-order valence-corrected chi connectivity index (χ0v) is 17.3. The minimum atomic E-state index is -0.678. The van der Waals surface area contributed by atoms with Gasteiger partial charge in [0, 0.05) is 5.69 Å². The second kappa shape index (κ2) is 9.28. The highest BCUT2D eigenvalue weighted by atomic mass is 32.1. The monoisotopic (exact) mass is 421 g/mol. The molecule has 0 saturated heterocycles. The number of halogens is 1. The molecule has 0 heterocycles. The summed E-state index contributed by atoms with van der Waals surface area (Å²) in [5, 5.41) is 8.07. The van der Waals surface area contributed by atoms with Crippen molar-refractivity contribution in [2.45, 2.75) is 13.8 Å². The van der Waals surface area contributed by atoms with E-state index in [2.05, 4.69) is 16.0 Å². The van der Waals surface area contributed by atoms with E-state index in [1.807, 2.05) is 32.0 Å². The molecule has 0 spiro atoms. The van der Waals surface area contributed by atoms with Gasteiger partial charge >= 0.3 is 0 Å². The number of rotatable bonds is 4.